The molecule has 0 unspecified atom stereocenters. The van der Waals surface area contributed by atoms with Crippen molar-refractivity contribution in [1.82, 2.24) is 4.98 Å². The number of nitrogens with two attached hydrogens (primary N) is 1. The number of benzene rings is 2. The molecule has 0 amide bonds. The zero-order valence-electron chi connectivity index (χ0n) is 17.3. The van der Waals surface area contributed by atoms with Gasteiger partial charge in [-0.25, -0.2) is 4.98 Å². The number of halogens is 2. The summed E-state index contributed by atoms with van der Waals surface area (Å²) in [6.07, 6.45) is 3.67. The highest BCUT2D eigenvalue weighted by atomic mass is 35.5. The number of anilines is 3. The van der Waals surface area contributed by atoms with E-state index in [9.17, 15) is 0 Å². The molecule has 0 saturated carbocycles. The molecule has 160 valence electrons. The summed E-state index contributed by atoms with van der Waals surface area (Å²) in [5, 5.41) is 4.03. The summed E-state index contributed by atoms with van der Waals surface area (Å²) in [4.78, 5) is 4.49. The maximum atomic E-state index is 6.55. The fourth-order valence-electron chi connectivity index (χ4n) is 3.36. The Hall–Kier alpha value is -3.09. The molecule has 1 aliphatic rings. The van der Waals surface area contributed by atoms with Crippen molar-refractivity contribution < 1.29 is 14.2 Å². The standard InChI is InChI=1S/C23H21Cl2N3O3/c1-12-4-5-15(26)16(6-12)28-20-9-17-13(10-27-20)7-14(11-31-17)21-22(24)18(29-2)8-19(30-3)23(21)25/h4-10H,11,26H2,1-3H3,(H,27,28). The first-order valence-electron chi connectivity index (χ1n) is 9.48. The van der Waals surface area contributed by atoms with E-state index in [0.29, 0.717) is 44.4 Å². The van der Waals surface area contributed by atoms with E-state index < -0.39 is 0 Å². The Kier molecular flexibility index (Phi) is 5.85. The molecule has 0 atom stereocenters. The summed E-state index contributed by atoms with van der Waals surface area (Å²) in [5.41, 5.74) is 10.8. The number of nitrogens with zero attached hydrogens (tertiary/aromatic N) is 1. The van der Waals surface area contributed by atoms with Gasteiger partial charge in [-0.2, -0.15) is 0 Å². The third-order valence-corrected chi connectivity index (χ3v) is 5.72. The quantitative estimate of drug-likeness (QED) is 0.459. The summed E-state index contributed by atoms with van der Waals surface area (Å²) < 4.78 is 16.7. The van der Waals surface area contributed by atoms with Gasteiger partial charge < -0.3 is 25.3 Å². The van der Waals surface area contributed by atoms with E-state index in [0.717, 1.165) is 22.4 Å². The van der Waals surface area contributed by atoms with E-state index in [2.05, 4.69) is 10.3 Å². The lowest BCUT2D eigenvalue weighted by Gasteiger charge is -2.22. The van der Waals surface area contributed by atoms with Gasteiger partial charge in [0, 0.05) is 35.0 Å². The summed E-state index contributed by atoms with van der Waals surface area (Å²) in [6, 6.07) is 9.27. The van der Waals surface area contributed by atoms with E-state index in [-0.39, 0.29) is 6.61 Å². The van der Waals surface area contributed by atoms with Crippen LogP contribution >= 0.6 is 23.2 Å². The Labute approximate surface area is 190 Å². The number of nitrogen functional groups attached to an aromatic ring is 1. The first kappa shape index (κ1) is 21.2. The van der Waals surface area contributed by atoms with Crippen LogP contribution in [0.1, 0.15) is 16.7 Å². The third kappa shape index (κ3) is 4.09. The molecule has 2 aromatic carbocycles. The van der Waals surface area contributed by atoms with Crippen molar-refractivity contribution in [3.05, 3.63) is 63.3 Å². The van der Waals surface area contributed by atoms with Crippen LogP contribution in [0.2, 0.25) is 10.0 Å². The molecule has 0 bridgehead atoms. The Morgan fingerprint density at radius 1 is 1.06 bits per heavy atom. The molecule has 0 fully saturated rings. The number of nitrogens with one attached hydrogen (secondary N) is 1. The largest absolute Gasteiger partial charge is 0.495 e. The summed E-state index contributed by atoms with van der Waals surface area (Å²) >= 11 is 13.1. The molecule has 2 heterocycles. The zero-order chi connectivity index (χ0) is 22.1. The number of aromatic nitrogens is 1. The van der Waals surface area contributed by atoms with Crippen molar-refractivity contribution >= 4 is 52.0 Å². The van der Waals surface area contributed by atoms with Crippen LogP contribution in [0.5, 0.6) is 17.2 Å². The van der Waals surface area contributed by atoms with Crippen LogP contribution in [0.15, 0.2) is 36.5 Å². The van der Waals surface area contributed by atoms with Crippen molar-refractivity contribution in [2.45, 2.75) is 6.92 Å². The fourth-order valence-corrected chi connectivity index (χ4v) is 4.11. The molecule has 6 nitrogen and oxygen atoms in total. The lowest BCUT2D eigenvalue weighted by molar-refractivity contribution is 0.365. The third-order valence-electron chi connectivity index (χ3n) is 4.97. The van der Waals surface area contributed by atoms with Crippen molar-refractivity contribution in [3.63, 3.8) is 0 Å². The van der Waals surface area contributed by atoms with E-state index in [1.165, 1.54) is 0 Å². The number of hydrogen-bond donors (Lipinski definition) is 2. The van der Waals surface area contributed by atoms with Gasteiger partial charge in [0.05, 0.1) is 35.6 Å². The molecule has 31 heavy (non-hydrogen) atoms. The highest BCUT2D eigenvalue weighted by Gasteiger charge is 2.23. The van der Waals surface area contributed by atoms with Crippen LogP contribution in [0.3, 0.4) is 0 Å². The topological polar surface area (TPSA) is 78.6 Å². The van der Waals surface area contributed by atoms with Crippen LogP contribution in [-0.2, 0) is 0 Å². The summed E-state index contributed by atoms with van der Waals surface area (Å²) in [5.74, 6) is 2.26. The Balaban J connectivity index is 1.69. The molecular formula is C23H21Cl2N3O3. The summed E-state index contributed by atoms with van der Waals surface area (Å²) in [6.45, 7) is 2.28. The molecular weight excluding hydrogens is 437 g/mol. The molecule has 1 aliphatic heterocycles. The fraction of sp³-hybridized carbons (Fsp3) is 0.174. The first-order valence-corrected chi connectivity index (χ1v) is 10.2. The van der Waals surface area contributed by atoms with E-state index in [1.807, 2.05) is 37.3 Å². The van der Waals surface area contributed by atoms with Gasteiger partial charge >= 0.3 is 0 Å². The Morgan fingerprint density at radius 3 is 2.45 bits per heavy atom. The minimum Gasteiger partial charge on any atom is -0.495 e. The zero-order valence-corrected chi connectivity index (χ0v) is 18.8. The van der Waals surface area contributed by atoms with Gasteiger partial charge in [-0.1, -0.05) is 29.3 Å². The molecule has 1 aromatic heterocycles. The van der Waals surface area contributed by atoms with Crippen LogP contribution in [0.4, 0.5) is 17.2 Å². The average Bonchev–Trinajstić information content (AvgIpc) is 2.76. The van der Waals surface area contributed by atoms with Crippen LogP contribution in [-0.4, -0.2) is 25.8 Å². The smallest absolute Gasteiger partial charge is 0.141 e. The minimum atomic E-state index is 0.277. The number of ether oxygens (including phenoxy) is 3. The molecule has 3 aromatic rings. The molecule has 4 rings (SSSR count). The van der Waals surface area contributed by atoms with Gasteiger partial charge in [-0.15, -0.1) is 0 Å². The van der Waals surface area contributed by atoms with Crippen molar-refractivity contribution in [3.8, 4) is 17.2 Å². The van der Waals surface area contributed by atoms with E-state index >= 15 is 0 Å². The maximum Gasteiger partial charge on any atom is 0.141 e. The molecule has 0 radical (unpaired) electrons. The number of hydrogen-bond acceptors (Lipinski definition) is 6. The second-order valence-electron chi connectivity index (χ2n) is 7.07. The molecule has 0 spiro atoms. The van der Waals surface area contributed by atoms with Gasteiger partial charge in [0.15, 0.2) is 0 Å². The monoisotopic (exact) mass is 457 g/mol. The second kappa shape index (κ2) is 8.57. The number of aryl methyl sites for hydroxylation is 1. The summed E-state index contributed by atoms with van der Waals surface area (Å²) in [7, 11) is 3.08. The van der Waals surface area contributed by atoms with Crippen LogP contribution in [0.25, 0.3) is 11.6 Å². The van der Waals surface area contributed by atoms with Crippen molar-refractivity contribution in [2.24, 2.45) is 0 Å². The van der Waals surface area contributed by atoms with Crippen LogP contribution < -0.4 is 25.3 Å². The van der Waals surface area contributed by atoms with Crippen LogP contribution in [0, 0.1) is 6.92 Å². The van der Waals surface area contributed by atoms with Gasteiger partial charge in [-0.05, 0) is 30.7 Å². The van der Waals surface area contributed by atoms with Gasteiger partial charge in [0.25, 0.3) is 0 Å². The number of rotatable bonds is 5. The SMILES string of the molecule is COc1cc(OC)c(Cl)c(C2=Cc3cnc(Nc4cc(C)ccc4N)cc3OC2)c1Cl. The molecule has 8 heteroatoms. The van der Waals surface area contributed by atoms with Gasteiger partial charge in [-0.3, -0.25) is 0 Å². The number of pyridine rings is 1. The average molecular weight is 458 g/mol. The normalized spacial score (nSPS) is 12.5. The number of fused-ring (bicyclic) bond motifs is 1. The molecule has 3 N–H and O–H groups in total. The minimum absolute atomic E-state index is 0.277. The van der Waals surface area contributed by atoms with Crippen molar-refractivity contribution in [1.29, 1.82) is 0 Å². The van der Waals surface area contributed by atoms with E-state index in [1.54, 1.807) is 26.5 Å². The number of methoxy groups -OCH3 is 2. The predicted octanol–water partition coefficient (Wildman–Crippen LogP) is 5.97. The van der Waals surface area contributed by atoms with Crippen molar-refractivity contribution in [2.75, 3.05) is 31.9 Å². The molecule has 0 saturated heterocycles. The van der Waals surface area contributed by atoms with E-state index in [4.69, 9.17) is 43.1 Å². The maximum absolute atomic E-state index is 6.55. The Morgan fingerprint density at radius 2 is 1.77 bits per heavy atom. The highest BCUT2D eigenvalue weighted by molar-refractivity contribution is 6.39. The van der Waals surface area contributed by atoms with Gasteiger partial charge in [0.2, 0.25) is 0 Å². The lowest BCUT2D eigenvalue weighted by atomic mass is 10.0. The Bertz CT molecular complexity index is 1170. The highest BCUT2D eigenvalue weighted by Crippen LogP contribution is 2.45. The molecule has 0 aliphatic carbocycles. The second-order valence-corrected chi connectivity index (χ2v) is 7.82. The lowest BCUT2D eigenvalue weighted by Crippen LogP contribution is -2.09. The predicted molar refractivity (Wildman–Crippen MR) is 126 cm³/mol. The first-order chi connectivity index (χ1) is 14.9. The van der Waals surface area contributed by atoms with Gasteiger partial charge in [0.1, 0.15) is 29.7 Å².